The Hall–Kier alpha value is -4.03. The molecular weight excluding hydrogens is 510 g/mol. The van der Waals surface area contributed by atoms with Crippen molar-refractivity contribution in [3.05, 3.63) is 70.9 Å². The lowest BCUT2D eigenvalue weighted by atomic mass is 10.2. The molecule has 37 heavy (non-hydrogen) atoms. The summed E-state index contributed by atoms with van der Waals surface area (Å²) < 4.78 is 32.4. The molecule has 0 saturated carbocycles. The van der Waals surface area contributed by atoms with Crippen molar-refractivity contribution in [1.29, 1.82) is 0 Å². The lowest BCUT2D eigenvalue weighted by Gasteiger charge is -2.28. The van der Waals surface area contributed by atoms with Crippen LogP contribution >= 0.6 is 11.6 Å². The van der Waals surface area contributed by atoms with Gasteiger partial charge in [-0.15, -0.1) is 0 Å². The van der Waals surface area contributed by atoms with Crippen molar-refractivity contribution in [1.82, 2.24) is 20.5 Å². The third-order valence-electron chi connectivity index (χ3n) is 5.37. The van der Waals surface area contributed by atoms with Gasteiger partial charge in [0.25, 0.3) is 0 Å². The minimum Gasteiger partial charge on any atom is -0.447 e. The molecule has 0 aliphatic rings. The molecule has 1 aromatic heterocycles. The first kappa shape index (κ1) is 27.6. The van der Waals surface area contributed by atoms with E-state index in [2.05, 4.69) is 20.9 Å². The van der Waals surface area contributed by atoms with Gasteiger partial charge in [0.1, 0.15) is 24.1 Å². The Morgan fingerprint density at radius 2 is 1.92 bits per heavy atom. The van der Waals surface area contributed by atoms with Crippen LogP contribution in [-0.2, 0) is 16.1 Å². The first-order valence-corrected chi connectivity index (χ1v) is 11.4. The molecule has 0 fully saturated rings. The van der Waals surface area contributed by atoms with Crippen LogP contribution in [0.25, 0.3) is 10.8 Å². The lowest BCUT2D eigenvalue weighted by molar-refractivity contribution is -0.119. The summed E-state index contributed by atoms with van der Waals surface area (Å²) in [4.78, 5) is 42.0. The van der Waals surface area contributed by atoms with E-state index < -0.39 is 35.7 Å². The topological polar surface area (TPSA) is 139 Å². The molecule has 2 aromatic carbocycles. The molecule has 0 aliphatic heterocycles. The van der Waals surface area contributed by atoms with Gasteiger partial charge in [-0.05, 0) is 41.3 Å². The lowest BCUT2D eigenvalue weighted by Crippen LogP contribution is -2.51. The zero-order valence-corrected chi connectivity index (χ0v) is 20.5. The number of halogens is 3. The second kappa shape index (κ2) is 12.8. The van der Waals surface area contributed by atoms with Crippen LogP contribution in [0.15, 0.2) is 48.7 Å². The Bertz CT molecular complexity index is 1300. The highest BCUT2D eigenvalue weighted by Crippen LogP contribution is 2.20. The first-order chi connectivity index (χ1) is 17.7. The Morgan fingerprint density at radius 1 is 1.14 bits per heavy atom. The Balaban J connectivity index is 1.61. The van der Waals surface area contributed by atoms with E-state index in [1.807, 2.05) is 0 Å². The van der Waals surface area contributed by atoms with Crippen LogP contribution in [0.5, 0.6) is 0 Å². The van der Waals surface area contributed by atoms with E-state index in [0.717, 1.165) is 0 Å². The molecule has 0 radical (unpaired) electrons. The van der Waals surface area contributed by atoms with Gasteiger partial charge in [-0.1, -0.05) is 23.7 Å². The highest BCUT2D eigenvalue weighted by molar-refractivity contribution is 6.31. The number of hydrogen-bond donors (Lipinski definition) is 4. The van der Waals surface area contributed by atoms with Gasteiger partial charge < -0.3 is 26.0 Å². The van der Waals surface area contributed by atoms with Gasteiger partial charge in [0.05, 0.1) is 17.6 Å². The second-order valence-corrected chi connectivity index (χ2v) is 8.31. The van der Waals surface area contributed by atoms with E-state index in [4.69, 9.17) is 22.1 Å². The van der Waals surface area contributed by atoms with E-state index in [1.54, 1.807) is 12.1 Å². The number of nitrogens with two attached hydrogens (primary N) is 1. The third-order valence-corrected chi connectivity index (χ3v) is 5.79. The summed E-state index contributed by atoms with van der Waals surface area (Å²) in [5.74, 6) is -1.39. The van der Waals surface area contributed by atoms with Gasteiger partial charge in [-0.2, -0.15) is 0 Å². The van der Waals surface area contributed by atoms with Crippen LogP contribution in [0.3, 0.4) is 0 Å². The monoisotopic (exact) mass is 534 g/mol. The quantitative estimate of drug-likeness (QED) is 0.333. The fourth-order valence-electron chi connectivity index (χ4n) is 3.25. The fraction of sp³-hybridized carbons (Fsp3) is 0.250. The van der Waals surface area contributed by atoms with Crippen LogP contribution in [-0.4, -0.2) is 60.7 Å². The van der Waals surface area contributed by atoms with Crippen molar-refractivity contribution < 1.29 is 27.9 Å². The highest BCUT2D eigenvalue weighted by Gasteiger charge is 2.23. The maximum Gasteiger partial charge on any atom is 0.412 e. The summed E-state index contributed by atoms with van der Waals surface area (Å²) in [7, 11) is 1.43. The largest absolute Gasteiger partial charge is 0.447 e. The molecule has 13 heteroatoms. The van der Waals surface area contributed by atoms with Gasteiger partial charge >= 0.3 is 12.1 Å². The molecule has 1 heterocycles. The number of benzene rings is 2. The Morgan fingerprint density at radius 3 is 2.68 bits per heavy atom. The normalized spacial score (nSPS) is 11.5. The average Bonchev–Trinajstić information content (AvgIpc) is 2.88. The Kier molecular flexibility index (Phi) is 9.52. The molecule has 0 spiro atoms. The molecule has 196 valence electrons. The van der Waals surface area contributed by atoms with Gasteiger partial charge in [0.2, 0.25) is 5.91 Å². The summed E-state index contributed by atoms with van der Waals surface area (Å²) >= 11 is 5.92. The molecule has 5 N–H and O–H groups in total. The SMILES string of the molecule is CN(C(=O)NCc1cccc(F)c1Cl)[C@@H](CNC(=O)CN)COC(=O)Nc1cc2cc(F)ccc2cn1. The van der Waals surface area contributed by atoms with Gasteiger partial charge in [0, 0.05) is 31.7 Å². The smallest absolute Gasteiger partial charge is 0.412 e. The predicted octanol–water partition coefficient (Wildman–Crippen LogP) is 3.00. The number of hydrogen-bond acceptors (Lipinski definition) is 6. The van der Waals surface area contributed by atoms with Crippen molar-refractivity contribution in [3.8, 4) is 0 Å². The van der Waals surface area contributed by atoms with Gasteiger partial charge in [-0.25, -0.2) is 23.4 Å². The average molecular weight is 535 g/mol. The van der Waals surface area contributed by atoms with Crippen LogP contribution < -0.4 is 21.7 Å². The minimum absolute atomic E-state index is 0.0583. The number of rotatable bonds is 9. The van der Waals surface area contributed by atoms with E-state index >= 15 is 0 Å². The second-order valence-electron chi connectivity index (χ2n) is 7.93. The maximum absolute atomic E-state index is 13.6. The van der Waals surface area contributed by atoms with Crippen molar-refractivity contribution in [2.45, 2.75) is 12.6 Å². The number of amides is 4. The van der Waals surface area contributed by atoms with E-state index in [-0.39, 0.29) is 37.1 Å². The van der Waals surface area contributed by atoms with Crippen LogP contribution in [0.1, 0.15) is 5.56 Å². The van der Waals surface area contributed by atoms with Crippen molar-refractivity contribution in [3.63, 3.8) is 0 Å². The zero-order valence-electron chi connectivity index (χ0n) is 19.8. The number of pyridine rings is 1. The fourth-order valence-corrected chi connectivity index (χ4v) is 3.44. The number of fused-ring (bicyclic) bond motifs is 1. The Labute approximate surface area is 216 Å². The standard InChI is InChI=1S/C24H25ClF2N6O4/c1-33(23(35)31-11-15-3-2-4-19(27)22(15)25)18(12-30-21(34)9-28)13-37-24(36)32-20-8-16-7-17(26)6-5-14(16)10-29-20/h2-8,10,18H,9,11-13,28H2,1H3,(H,30,34)(H,31,35)(H,29,32,36)/t18-/m0/s1. The molecule has 4 amide bonds. The summed E-state index contributed by atoms with van der Waals surface area (Å²) in [6.07, 6.45) is 0.595. The molecule has 0 bridgehead atoms. The molecular formula is C24H25ClF2N6O4. The summed E-state index contributed by atoms with van der Waals surface area (Å²) in [6.45, 7) is -0.696. The van der Waals surface area contributed by atoms with Crippen LogP contribution in [0.2, 0.25) is 5.02 Å². The maximum atomic E-state index is 13.6. The molecule has 3 aromatic rings. The van der Waals surface area contributed by atoms with Gasteiger partial charge in [0.15, 0.2) is 0 Å². The molecule has 3 rings (SSSR count). The number of ether oxygens (including phenoxy) is 1. The summed E-state index contributed by atoms with van der Waals surface area (Å²) in [5, 5.41) is 8.69. The number of carbonyl (C=O) groups is 3. The number of nitrogens with one attached hydrogen (secondary N) is 3. The number of nitrogens with zero attached hydrogens (tertiary/aromatic N) is 2. The number of anilines is 1. The van der Waals surface area contributed by atoms with Gasteiger partial charge in [-0.3, -0.25) is 10.1 Å². The number of carbonyl (C=O) groups excluding carboxylic acids is 3. The van der Waals surface area contributed by atoms with Crippen LogP contribution in [0, 0.1) is 11.6 Å². The van der Waals surface area contributed by atoms with Crippen LogP contribution in [0.4, 0.5) is 24.2 Å². The number of aromatic nitrogens is 1. The summed E-state index contributed by atoms with van der Waals surface area (Å²) in [6, 6.07) is 8.49. The minimum atomic E-state index is -0.876. The molecule has 0 saturated heterocycles. The molecule has 0 aliphatic carbocycles. The number of likely N-dealkylation sites (N-methyl/N-ethyl adjacent to an activating group) is 1. The first-order valence-electron chi connectivity index (χ1n) is 11.1. The molecule has 1 atom stereocenters. The number of urea groups is 1. The molecule has 0 unspecified atom stereocenters. The van der Waals surface area contributed by atoms with Crippen molar-refractivity contribution in [2.24, 2.45) is 5.73 Å². The van der Waals surface area contributed by atoms with Crippen molar-refractivity contribution in [2.75, 3.05) is 32.1 Å². The highest BCUT2D eigenvalue weighted by atomic mass is 35.5. The summed E-state index contributed by atoms with van der Waals surface area (Å²) in [5.41, 5.74) is 5.69. The third kappa shape index (κ3) is 7.72. The van der Waals surface area contributed by atoms with E-state index in [1.165, 1.54) is 48.5 Å². The molecule has 10 nitrogen and oxygen atoms in total. The van der Waals surface area contributed by atoms with Crippen molar-refractivity contribution >= 4 is 46.2 Å². The zero-order chi connectivity index (χ0) is 26.9. The predicted molar refractivity (Wildman–Crippen MR) is 134 cm³/mol. The van der Waals surface area contributed by atoms with E-state index in [0.29, 0.717) is 16.3 Å². The van der Waals surface area contributed by atoms with E-state index in [9.17, 15) is 23.2 Å².